The Labute approximate surface area is 149 Å². The number of carbonyl (C=O) groups is 1. The van der Waals surface area contributed by atoms with Crippen LogP contribution >= 0.6 is 11.6 Å². The van der Waals surface area contributed by atoms with Gasteiger partial charge in [-0.25, -0.2) is 4.98 Å². The predicted molar refractivity (Wildman–Crippen MR) is 90.4 cm³/mol. The molecule has 2 heterocycles. The van der Waals surface area contributed by atoms with E-state index in [9.17, 15) is 18.0 Å². The van der Waals surface area contributed by atoms with E-state index >= 15 is 0 Å². The zero-order valence-electron chi connectivity index (χ0n) is 14.3. The molecule has 1 unspecified atom stereocenters. The lowest BCUT2D eigenvalue weighted by molar-refractivity contribution is -0.137. The normalized spacial score (nSPS) is 19.8. The van der Waals surface area contributed by atoms with Crippen LogP contribution in [0.15, 0.2) is 12.3 Å². The standard InChI is InChI=1S/C16H22ClF3N4O/c1-15(2,3)12(21)14(25)23-10-4-5-24(8-10)13-11(17)6-9(7-22-13)16(18,19)20/h6-7,10,12H,4-5,8,21H2,1-3H3,(H,23,25)/t10?,12-/m1/s1. The lowest BCUT2D eigenvalue weighted by Crippen LogP contribution is -2.51. The van der Waals surface area contributed by atoms with Gasteiger partial charge in [0.15, 0.2) is 0 Å². The number of halogens is 4. The number of aromatic nitrogens is 1. The molecule has 0 aromatic carbocycles. The molecule has 1 fully saturated rings. The number of hydrogen-bond acceptors (Lipinski definition) is 4. The molecular formula is C16H22ClF3N4O. The predicted octanol–water partition coefficient (Wildman–Crippen LogP) is 2.82. The van der Waals surface area contributed by atoms with E-state index in [-0.39, 0.29) is 28.2 Å². The van der Waals surface area contributed by atoms with Gasteiger partial charge in [0.1, 0.15) is 5.82 Å². The first-order chi connectivity index (χ1) is 11.4. The fourth-order valence-corrected chi connectivity index (χ4v) is 2.86. The van der Waals surface area contributed by atoms with Crippen LogP contribution in [0.4, 0.5) is 19.0 Å². The number of nitrogens with two attached hydrogens (primary N) is 1. The Balaban J connectivity index is 2.02. The summed E-state index contributed by atoms with van der Waals surface area (Å²) < 4.78 is 38.0. The first-order valence-corrected chi connectivity index (χ1v) is 8.31. The van der Waals surface area contributed by atoms with Crippen LogP contribution < -0.4 is 16.0 Å². The summed E-state index contributed by atoms with van der Waals surface area (Å²) in [5.74, 6) is 0.0392. The fourth-order valence-electron chi connectivity index (χ4n) is 2.57. The van der Waals surface area contributed by atoms with E-state index in [2.05, 4.69) is 10.3 Å². The SMILES string of the molecule is CC(C)(C)[C@H](N)C(=O)NC1CCN(c2ncc(C(F)(F)F)cc2Cl)C1. The number of hydrogen-bond donors (Lipinski definition) is 2. The van der Waals surface area contributed by atoms with Crippen LogP contribution in [0.25, 0.3) is 0 Å². The number of amides is 1. The van der Waals surface area contributed by atoms with Crippen LogP contribution in [0.1, 0.15) is 32.8 Å². The number of rotatable bonds is 3. The van der Waals surface area contributed by atoms with Crippen molar-refractivity contribution in [2.24, 2.45) is 11.1 Å². The molecule has 5 nitrogen and oxygen atoms in total. The summed E-state index contributed by atoms with van der Waals surface area (Å²) in [6, 6.07) is 0.0704. The fraction of sp³-hybridized carbons (Fsp3) is 0.625. The van der Waals surface area contributed by atoms with Crippen molar-refractivity contribution >= 4 is 23.3 Å². The molecule has 0 bridgehead atoms. The Bertz CT molecular complexity index is 645. The minimum atomic E-state index is -4.49. The van der Waals surface area contributed by atoms with Crippen molar-refractivity contribution in [3.05, 3.63) is 22.8 Å². The van der Waals surface area contributed by atoms with Crippen LogP contribution in [-0.4, -0.2) is 36.1 Å². The number of nitrogens with zero attached hydrogens (tertiary/aromatic N) is 2. The molecule has 1 aliphatic heterocycles. The van der Waals surface area contributed by atoms with Gasteiger partial charge in [0.25, 0.3) is 0 Å². The Morgan fingerprint density at radius 1 is 1.44 bits per heavy atom. The molecule has 140 valence electrons. The zero-order valence-corrected chi connectivity index (χ0v) is 15.1. The second-order valence-corrected chi connectivity index (χ2v) is 7.72. The van der Waals surface area contributed by atoms with Gasteiger partial charge in [0, 0.05) is 25.3 Å². The molecule has 2 rings (SSSR count). The highest BCUT2D eigenvalue weighted by atomic mass is 35.5. The van der Waals surface area contributed by atoms with E-state index in [1.165, 1.54) is 0 Å². The van der Waals surface area contributed by atoms with Gasteiger partial charge in [0.05, 0.1) is 16.6 Å². The van der Waals surface area contributed by atoms with E-state index in [1.807, 2.05) is 20.8 Å². The minimum Gasteiger partial charge on any atom is -0.353 e. The third-order valence-corrected chi connectivity index (χ3v) is 4.48. The third kappa shape index (κ3) is 4.76. The molecule has 25 heavy (non-hydrogen) atoms. The Morgan fingerprint density at radius 3 is 2.60 bits per heavy atom. The topological polar surface area (TPSA) is 71.2 Å². The zero-order chi connectivity index (χ0) is 19.0. The summed E-state index contributed by atoms with van der Waals surface area (Å²) in [6.07, 6.45) is -3.08. The van der Waals surface area contributed by atoms with Gasteiger partial charge in [-0.15, -0.1) is 0 Å². The smallest absolute Gasteiger partial charge is 0.353 e. The maximum Gasteiger partial charge on any atom is 0.417 e. The van der Waals surface area contributed by atoms with Crippen molar-refractivity contribution in [2.75, 3.05) is 18.0 Å². The van der Waals surface area contributed by atoms with Gasteiger partial charge in [-0.3, -0.25) is 4.79 Å². The van der Waals surface area contributed by atoms with Gasteiger partial charge in [-0.1, -0.05) is 32.4 Å². The monoisotopic (exact) mass is 378 g/mol. The summed E-state index contributed by atoms with van der Waals surface area (Å²) in [4.78, 5) is 17.8. The number of alkyl halides is 3. The Morgan fingerprint density at radius 2 is 2.08 bits per heavy atom. The molecular weight excluding hydrogens is 357 g/mol. The van der Waals surface area contributed by atoms with Gasteiger partial charge < -0.3 is 16.0 Å². The van der Waals surface area contributed by atoms with Crippen molar-refractivity contribution in [2.45, 2.75) is 45.5 Å². The highest BCUT2D eigenvalue weighted by Gasteiger charge is 2.34. The summed E-state index contributed by atoms with van der Waals surface area (Å²) in [7, 11) is 0. The van der Waals surface area contributed by atoms with Crippen molar-refractivity contribution in [3.63, 3.8) is 0 Å². The Hall–Kier alpha value is -1.54. The average molecular weight is 379 g/mol. The van der Waals surface area contributed by atoms with Gasteiger partial charge in [0.2, 0.25) is 5.91 Å². The molecule has 2 atom stereocenters. The second kappa shape index (κ2) is 6.99. The van der Waals surface area contributed by atoms with E-state index in [4.69, 9.17) is 17.3 Å². The lowest BCUT2D eigenvalue weighted by Gasteiger charge is -2.27. The number of carbonyl (C=O) groups excluding carboxylic acids is 1. The number of pyridine rings is 1. The summed E-state index contributed by atoms with van der Waals surface area (Å²) >= 11 is 5.97. The molecule has 1 amide bonds. The summed E-state index contributed by atoms with van der Waals surface area (Å²) in [5.41, 5.74) is 4.69. The van der Waals surface area contributed by atoms with Crippen LogP contribution in [0.3, 0.4) is 0 Å². The quantitative estimate of drug-likeness (QED) is 0.848. The van der Waals surface area contributed by atoms with Gasteiger partial charge in [-0.2, -0.15) is 13.2 Å². The lowest BCUT2D eigenvalue weighted by atomic mass is 9.87. The largest absolute Gasteiger partial charge is 0.417 e. The molecule has 0 radical (unpaired) electrons. The van der Waals surface area contributed by atoms with Crippen LogP contribution in [0, 0.1) is 5.41 Å². The Kier molecular flexibility index (Phi) is 5.53. The molecule has 1 aromatic rings. The summed E-state index contributed by atoms with van der Waals surface area (Å²) in [5, 5.41) is 2.82. The second-order valence-electron chi connectivity index (χ2n) is 7.31. The highest BCUT2D eigenvalue weighted by molar-refractivity contribution is 6.33. The number of anilines is 1. The molecule has 9 heteroatoms. The maximum atomic E-state index is 12.7. The maximum absolute atomic E-state index is 12.7. The molecule has 0 spiro atoms. The van der Waals surface area contributed by atoms with Gasteiger partial charge >= 0.3 is 6.18 Å². The first-order valence-electron chi connectivity index (χ1n) is 7.93. The van der Waals surface area contributed by atoms with Gasteiger partial charge in [-0.05, 0) is 17.9 Å². The molecule has 0 aliphatic carbocycles. The van der Waals surface area contributed by atoms with E-state index < -0.39 is 17.8 Å². The summed E-state index contributed by atoms with van der Waals surface area (Å²) in [6.45, 7) is 6.59. The average Bonchev–Trinajstić information content (AvgIpc) is 2.92. The third-order valence-electron chi connectivity index (χ3n) is 4.20. The van der Waals surface area contributed by atoms with Crippen molar-refractivity contribution in [1.29, 1.82) is 0 Å². The van der Waals surface area contributed by atoms with E-state index in [0.29, 0.717) is 19.5 Å². The van der Waals surface area contributed by atoms with Crippen molar-refractivity contribution < 1.29 is 18.0 Å². The molecule has 1 aliphatic rings. The molecule has 3 N–H and O–H groups in total. The van der Waals surface area contributed by atoms with Crippen molar-refractivity contribution in [3.8, 4) is 0 Å². The van der Waals surface area contributed by atoms with Crippen LogP contribution in [0.2, 0.25) is 5.02 Å². The number of nitrogens with one attached hydrogen (secondary N) is 1. The first kappa shape index (κ1) is 19.8. The molecule has 1 aromatic heterocycles. The highest BCUT2D eigenvalue weighted by Crippen LogP contribution is 2.34. The van der Waals surface area contributed by atoms with E-state index in [1.54, 1.807) is 4.90 Å². The van der Waals surface area contributed by atoms with Crippen LogP contribution in [-0.2, 0) is 11.0 Å². The van der Waals surface area contributed by atoms with Crippen molar-refractivity contribution in [1.82, 2.24) is 10.3 Å². The minimum absolute atomic E-state index is 0.0619. The van der Waals surface area contributed by atoms with Crippen LogP contribution in [0.5, 0.6) is 0 Å². The molecule has 1 saturated heterocycles. The van der Waals surface area contributed by atoms with E-state index in [0.717, 1.165) is 12.3 Å². The molecule has 0 saturated carbocycles.